The van der Waals surface area contributed by atoms with Crippen molar-refractivity contribution in [1.82, 2.24) is 0 Å². The van der Waals surface area contributed by atoms with Crippen molar-refractivity contribution in [2.75, 3.05) is 10.0 Å². The lowest BCUT2D eigenvalue weighted by molar-refractivity contribution is -0.114. The average molecular weight is 340 g/mol. The molecule has 0 saturated heterocycles. The second-order valence-corrected chi connectivity index (χ2v) is 6.51. The van der Waals surface area contributed by atoms with Gasteiger partial charge in [-0.1, -0.05) is 12.1 Å². The van der Waals surface area contributed by atoms with E-state index in [1.165, 1.54) is 32.0 Å². The number of hydrogen-bond acceptors (Lipinski definition) is 3. The van der Waals surface area contributed by atoms with Crippen LogP contribution in [0, 0.1) is 18.6 Å². The Labute approximate surface area is 132 Å². The molecule has 2 rings (SSSR count). The molecule has 2 aromatic carbocycles. The van der Waals surface area contributed by atoms with Crippen molar-refractivity contribution >= 4 is 27.3 Å². The number of amides is 1. The monoisotopic (exact) mass is 340 g/mol. The summed E-state index contributed by atoms with van der Waals surface area (Å²) in [5.74, 6) is -2.42. The molecule has 0 radical (unpaired) electrons. The molecule has 0 aliphatic heterocycles. The Balaban J connectivity index is 2.45. The van der Waals surface area contributed by atoms with Gasteiger partial charge in [0, 0.05) is 12.6 Å². The van der Waals surface area contributed by atoms with E-state index in [4.69, 9.17) is 0 Å². The predicted octanol–water partition coefficient (Wildman–Crippen LogP) is 3.03. The lowest BCUT2D eigenvalue weighted by Gasteiger charge is -2.13. The highest BCUT2D eigenvalue weighted by molar-refractivity contribution is 7.92. The van der Waals surface area contributed by atoms with E-state index in [0.717, 1.165) is 18.2 Å². The van der Waals surface area contributed by atoms with Crippen molar-refractivity contribution in [3.63, 3.8) is 0 Å². The Kier molecular flexibility index (Phi) is 4.65. The summed E-state index contributed by atoms with van der Waals surface area (Å²) in [6, 6.07) is 7.25. The Bertz CT molecular complexity index is 847. The third-order valence-corrected chi connectivity index (χ3v) is 4.49. The number of anilines is 2. The molecule has 0 atom stereocenters. The third kappa shape index (κ3) is 3.84. The number of carbonyl (C=O) groups excluding carboxylic acids is 1. The van der Waals surface area contributed by atoms with Gasteiger partial charge in [0.2, 0.25) is 5.91 Å². The van der Waals surface area contributed by atoms with E-state index in [2.05, 4.69) is 5.32 Å². The van der Waals surface area contributed by atoms with E-state index in [0.29, 0.717) is 5.56 Å². The van der Waals surface area contributed by atoms with E-state index < -0.39 is 27.3 Å². The van der Waals surface area contributed by atoms with Crippen molar-refractivity contribution < 1.29 is 22.0 Å². The summed E-state index contributed by atoms with van der Waals surface area (Å²) in [5, 5.41) is 2.45. The van der Waals surface area contributed by atoms with Gasteiger partial charge >= 0.3 is 0 Å². The summed E-state index contributed by atoms with van der Waals surface area (Å²) in [7, 11) is -4.23. The number of nitrogens with one attached hydrogen (secondary N) is 2. The van der Waals surface area contributed by atoms with Gasteiger partial charge in [-0.15, -0.1) is 0 Å². The number of carbonyl (C=O) groups is 1. The van der Waals surface area contributed by atoms with Crippen LogP contribution in [0.3, 0.4) is 0 Å². The van der Waals surface area contributed by atoms with Crippen LogP contribution in [0.2, 0.25) is 0 Å². The van der Waals surface area contributed by atoms with E-state index in [1.54, 1.807) is 0 Å². The maximum atomic E-state index is 13.6. The molecule has 0 unspecified atom stereocenters. The maximum absolute atomic E-state index is 13.6. The summed E-state index contributed by atoms with van der Waals surface area (Å²) in [6.45, 7) is 2.81. The highest BCUT2D eigenvalue weighted by Gasteiger charge is 2.21. The molecular weight excluding hydrogens is 326 g/mol. The SMILES string of the molecule is CC(=O)Nc1ccc(C)c(S(=O)(=O)Nc2c(F)cccc2F)c1. The van der Waals surface area contributed by atoms with Crippen LogP contribution in [0.25, 0.3) is 0 Å². The summed E-state index contributed by atoms with van der Waals surface area (Å²) >= 11 is 0. The number of benzene rings is 2. The van der Waals surface area contributed by atoms with Crippen LogP contribution in [0.5, 0.6) is 0 Å². The van der Waals surface area contributed by atoms with Gasteiger partial charge in [0.1, 0.15) is 17.3 Å². The van der Waals surface area contributed by atoms with Crippen molar-refractivity contribution in [1.29, 1.82) is 0 Å². The number of hydrogen-bond donors (Lipinski definition) is 2. The first-order valence-corrected chi connectivity index (χ1v) is 8.04. The molecule has 0 spiro atoms. The standard InChI is InChI=1S/C15H14F2N2O3S/c1-9-6-7-11(18-10(2)20)8-14(9)23(21,22)19-15-12(16)4-3-5-13(15)17/h3-8,19H,1-2H3,(H,18,20). The minimum absolute atomic E-state index is 0.189. The first-order chi connectivity index (χ1) is 10.7. The molecule has 23 heavy (non-hydrogen) atoms. The molecule has 1 amide bonds. The summed E-state index contributed by atoms with van der Waals surface area (Å²) in [5.41, 5.74) is -0.127. The molecule has 0 heterocycles. The summed E-state index contributed by atoms with van der Waals surface area (Å²) in [4.78, 5) is 10.9. The molecule has 0 bridgehead atoms. The molecular formula is C15H14F2N2O3S. The summed E-state index contributed by atoms with van der Waals surface area (Å²) < 4.78 is 54.0. The smallest absolute Gasteiger partial charge is 0.262 e. The van der Waals surface area contributed by atoms with Gasteiger partial charge in [-0.25, -0.2) is 17.2 Å². The Hall–Kier alpha value is -2.48. The molecule has 5 nitrogen and oxygen atoms in total. The number of rotatable bonds is 4. The quantitative estimate of drug-likeness (QED) is 0.898. The first kappa shape index (κ1) is 16.9. The topological polar surface area (TPSA) is 75.3 Å². The van der Waals surface area contributed by atoms with Crippen molar-refractivity contribution in [3.8, 4) is 0 Å². The van der Waals surface area contributed by atoms with Crippen molar-refractivity contribution in [2.24, 2.45) is 0 Å². The fraction of sp³-hybridized carbons (Fsp3) is 0.133. The molecule has 0 fully saturated rings. The van der Waals surface area contributed by atoms with Crippen LogP contribution >= 0.6 is 0 Å². The molecule has 8 heteroatoms. The molecule has 122 valence electrons. The Morgan fingerprint density at radius 3 is 2.26 bits per heavy atom. The fourth-order valence-electron chi connectivity index (χ4n) is 1.96. The van der Waals surface area contributed by atoms with Crippen LogP contribution in [0.15, 0.2) is 41.3 Å². The van der Waals surface area contributed by atoms with Crippen LogP contribution in [0.1, 0.15) is 12.5 Å². The normalized spacial score (nSPS) is 11.1. The number of halogens is 2. The zero-order valence-corrected chi connectivity index (χ0v) is 13.2. The Morgan fingerprint density at radius 2 is 1.70 bits per heavy atom. The maximum Gasteiger partial charge on any atom is 0.262 e. The zero-order chi connectivity index (χ0) is 17.2. The van der Waals surface area contributed by atoms with E-state index in [-0.39, 0.29) is 16.5 Å². The number of aryl methyl sites for hydroxylation is 1. The van der Waals surface area contributed by atoms with Crippen LogP contribution in [-0.4, -0.2) is 14.3 Å². The lowest BCUT2D eigenvalue weighted by atomic mass is 10.2. The fourth-order valence-corrected chi connectivity index (χ4v) is 3.30. The van der Waals surface area contributed by atoms with Gasteiger partial charge in [-0.05, 0) is 36.8 Å². The van der Waals surface area contributed by atoms with Gasteiger partial charge < -0.3 is 5.32 Å². The van der Waals surface area contributed by atoms with Gasteiger partial charge in [-0.2, -0.15) is 0 Å². The second kappa shape index (κ2) is 6.33. The van der Waals surface area contributed by atoms with Crippen molar-refractivity contribution in [3.05, 3.63) is 53.6 Å². The van der Waals surface area contributed by atoms with Crippen LogP contribution in [-0.2, 0) is 14.8 Å². The third-order valence-electron chi connectivity index (χ3n) is 3.00. The molecule has 0 aromatic heterocycles. The van der Waals surface area contributed by atoms with Gasteiger partial charge in [0.15, 0.2) is 0 Å². The van der Waals surface area contributed by atoms with Crippen LogP contribution in [0.4, 0.5) is 20.2 Å². The minimum atomic E-state index is -4.23. The zero-order valence-electron chi connectivity index (χ0n) is 12.4. The van der Waals surface area contributed by atoms with Crippen molar-refractivity contribution in [2.45, 2.75) is 18.7 Å². The molecule has 0 aliphatic rings. The van der Waals surface area contributed by atoms with Gasteiger partial charge in [-0.3, -0.25) is 9.52 Å². The van der Waals surface area contributed by atoms with Crippen LogP contribution < -0.4 is 10.0 Å². The van der Waals surface area contributed by atoms with E-state index >= 15 is 0 Å². The minimum Gasteiger partial charge on any atom is -0.326 e. The Morgan fingerprint density at radius 1 is 1.09 bits per heavy atom. The molecule has 0 aliphatic carbocycles. The average Bonchev–Trinajstić information content (AvgIpc) is 2.44. The largest absolute Gasteiger partial charge is 0.326 e. The van der Waals surface area contributed by atoms with Gasteiger partial charge in [0.05, 0.1) is 4.90 Å². The number of para-hydroxylation sites is 1. The second-order valence-electron chi connectivity index (χ2n) is 4.86. The van der Waals surface area contributed by atoms with E-state index in [1.807, 2.05) is 4.72 Å². The van der Waals surface area contributed by atoms with Gasteiger partial charge in [0.25, 0.3) is 10.0 Å². The summed E-state index contributed by atoms with van der Waals surface area (Å²) in [6.07, 6.45) is 0. The molecule has 2 N–H and O–H groups in total. The molecule has 0 saturated carbocycles. The number of sulfonamides is 1. The van der Waals surface area contributed by atoms with E-state index in [9.17, 15) is 22.0 Å². The highest BCUT2D eigenvalue weighted by atomic mass is 32.2. The predicted molar refractivity (Wildman–Crippen MR) is 82.6 cm³/mol. The first-order valence-electron chi connectivity index (χ1n) is 6.56. The molecule has 2 aromatic rings. The highest BCUT2D eigenvalue weighted by Crippen LogP contribution is 2.25. The lowest BCUT2D eigenvalue weighted by Crippen LogP contribution is -2.17.